The summed E-state index contributed by atoms with van der Waals surface area (Å²) < 4.78 is 0. The summed E-state index contributed by atoms with van der Waals surface area (Å²) in [5.41, 5.74) is 0. The Labute approximate surface area is 58.9 Å². The lowest BCUT2D eigenvalue weighted by Crippen LogP contribution is -1.53. The van der Waals surface area contributed by atoms with Gasteiger partial charge in [-0.3, -0.25) is 5.10 Å². The molecule has 0 aromatic carbocycles. The fraction of sp³-hybridized carbons (Fsp3) is 0. The van der Waals surface area contributed by atoms with E-state index >= 15 is 0 Å². The van der Waals surface area contributed by atoms with Crippen molar-refractivity contribution in [3.63, 3.8) is 0 Å². The van der Waals surface area contributed by atoms with Crippen LogP contribution in [0.15, 0.2) is 12.4 Å². The second-order valence-corrected chi connectivity index (χ2v) is 0.957. The molecule has 0 saturated heterocycles. The maximum absolute atomic E-state index is 8.38. The highest BCUT2D eigenvalue weighted by atomic mass is 35.5. The molecule has 1 heterocycles. The third kappa shape index (κ3) is 2.71. The van der Waals surface area contributed by atoms with Crippen molar-refractivity contribution in [1.82, 2.24) is 10.2 Å². The lowest BCUT2D eigenvalue weighted by atomic mass is 10.7. The maximum Gasteiger partial charge on any atom is 0.153 e. The van der Waals surface area contributed by atoms with Gasteiger partial charge in [0.25, 0.3) is 0 Å². The summed E-state index contributed by atoms with van der Waals surface area (Å²) in [5, 5.41) is 14.3. The van der Waals surface area contributed by atoms with E-state index in [2.05, 4.69) is 10.2 Å². The quantitative estimate of drug-likeness (QED) is 0.589. The molecule has 0 radical (unpaired) electrons. The van der Waals surface area contributed by atoms with Gasteiger partial charge in [0.05, 0.1) is 12.4 Å². The van der Waals surface area contributed by atoms with Crippen molar-refractivity contribution in [3.05, 3.63) is 12.4 Å². The van der Waals surface area contributed by atoms with Crippen LogP contribution in [0.5, 0.6) is 5.75 Å². The predicted octanol–water partition coefficient (Wildman–Crippen LogP) is 0.959. The first-order valence-electron chi connectivity index (χ1n) is 1.57. The second-order valence-electron chi connectivity index (χ2n) is 0.957. The smallest absolute Gasteiger partial charge is 0.153 e. The van der Waals surface area contributed by atoms with Crippen LogP contribution in [0, 0.1) is 0 Å². The van der Waals surface area contributed by atoms with Crippen LogP contribution in [0.25, 0.3) is 0 Å². The highest BCUT2D eigenvalue weighted by Crippen LogP contribution is 1.97. The van der Waals surface area contributed by atoms with Crippen LogP contribution >= 0.6 is 24.8 Å². The summed E-state index contributed by atoms with van der Waals surface area (Å²) >= 11 is 0. The third-order valence-corrected chi connectivity index (χ3v) is 0.484. The Balaban J connectivity index is 0. The fourth-order valence-corrected chi connectivity index (χ4v) is 0.244. The lowest BCUT2D eigenvalue weighted by molar-refractivity contribution is 0.475. The highest BCUT2D eigenvalue weighted by molar-refractivity contribution is 5.85. The average molecular weight is 157 g/mol. The summed E-state index contributed by atoms with van der Waals surface area (Å²) in [7, 11) is 0. The molecular formula is C3H6Cl2N2O. The SMILES string of the molecule is Cl.Cl.Oc1cn[nH]c1. The zero-order chi connectivity index (χ0) is 4.41. The van der Waals surface area contributed by atoms with E-state index in [1.165, 1.54) is 12.4 Å². The van der Waals surface area contributed by atoms with Crippen molar-refractivity contribution in [3.8, 4) is 5.75 Å². The summed E-state index contributed by atoms with van der Waals surface area (Å²) in [6.07, 6.45) is 2.74. The van der Waals surface area contributed by atoms with Crippen LogP contribution in [0.4, 0.5) is 0 Å². The van der Waals surface area contributed by atoms with Gasteiger partial charge in [-0.2, -0.15) is 5.10 Å². The first kappa shape index (κ1) is 10.5. The predicted molar refractivity (Wildman–Crippen MR) is 34.7 cm³/mol. The van der Waals surface area contributed by atoms with Crippen LogP contribution in [0.3, 0.4) is 0 Å². The fourth-order valence-electron chi connectivity index (χ4n) is 0.244. The Morgan fingerprint density at radius 3 is 2.25 bits per heavy atom. The van der Waals surface area contributed by atoms with Gasteiger partial charge in [0.1, 0.15) is 0 Å². The van der Waals surface area contributed by atoms with E-state index in [1.807, 2.05) is 0 Å². The van der Waals surface area contributed by atoms with E-state index in [-0.39, 0.29) is 30.6 Å². The average Bonchev–Trinajstić information content (AvgIpc) is 1.86. The Hall–Kier alpha value is -0.410. The molecule has 5 heteroatoms. The molecule has 0 aliphatic rings. The minimum absolute atomic E-state index is 0. The van der Waals surface area contributed by atoms with Crippen molar-refractivity contribution >= 4 is 24.8 Å². The van der Waals surface area contributed by atoms with Gasteiger partial charge in [0.15, 0.2) is 5.75 Å². The second kappa shape index (κ2) is 4.74. The van der Waals surface area contributed by atoms with Crippen molar-refractivity contribution in [2.45, 2.75) is 0 Å². The van der Waals surface area contributed by atoms with Crippen LogP contribution in [0.1, 0.15) is 0 Å². The molecule has 48 valence electrons. The molecule has 0 unspecified atom stereocenters. The zero-order valence-electron chi connectivity index (χ0n) is 3.87. The van der Waals surface area contributed by atoms with Gasteiger partial charge in [0.2, 0.25) is 0 Å². The molecule has 0 saturated carbocycles. The number of aromatic nitrogens is 2. The van der Waals surface area contributed by atoms with Gasteiger partial charge in [-0.05, 0) is 0 Å². The molecule has 1 aromatic heterocycles. The number of hydrogen-bond donors (Lipinski definition) is 2. The van der Waals surface area contributed by atoms with E-state index in [4.69, 9.17) is 5.11 Å². The standard InChI is InChI=1S/C3H4N2O.2ClH/c6-3-1-4-5-2-3;;/h1-2,6H,(H,4,5);2*1H. The number of H-pyrrole nitrogens is 1. The third-order valence-electron chi connectivity index (χ3n) is 0.484. The monoisotopic (exact) mass is 156 g/mol. The normalized spacial score (nSPS) is 6.50. The zero-order valence-corrected chi connectivity index (χ0v) is 5.50. The minimum atomic E-state index is 0. The van der Waals surface area contributed by atoms with Crippen molar-refractivity contribution in [1.29, 1.82) is 0 Å². The molecule has 0 fully saturated rings. The molecule has 1 aromatic rings. The first-order chi connectivity index (χ1) is 2.89. The Morgan fingerprint density at radius 1 is 1.50 bits per heavy atom. The van der Waals surface area contributed by atoms with Crippen LogP contribution in [-0.2, 0) is 0 Å². The van der Waals surface area contributed by atoms with Gasteiger partial charge in [-0.25, -0.2) is 0 Å². The van der Waals surface area contributed by atoms with Gasteiger partial charge in [-0.1, -0.05) is 0 Å². The van der Waals surface area contributed by atoms with Crippen LogP contribution < -0.4 is 0 Å². The summed E-state index contributed by atoms with van der Waals surface area (Å²) in [6, 6.07) is 0. The van der Waals surface area contributed by atoms with E-state index in [0.717, 1.165) is 0 Å². The molecule has 1 rings (SSSR count). The van der Waals surface area contributed by atoms with E-state index in [1.54, 1.807) is 0 Å². The number of rotatable bonds is 0. The van der Waals surface area contributed by atoms with Gasteiger partial charge >= 0.3 is 0 Å². The Bertz CT molecular complexity index is 119. The Morgan fingerprint density at radius 2 is 2.12 bits per heavy atom. The van der Waals surface area contributed by atoms with Crippen molar-refractivity contribution < 1.29 is 5.11 Å². The molecule has 0 spiro atoms. The molecule has 0 amide bonds. The number of nitrogens with one attached hydrogen (secondary N) is 1. The van der Waals surface area contributed by atoms with E-state index in [9.17, 15) is 0 Å². The number of aromatic amines is 1. The van der Waals surface area contributed by atoms with Gasteiger partial charge in [0, 0.05) is 0 Å². The number of nitrogens with zero attached hydrogens (tertiary/aromatic N) is 1. The molecule has 3 nitrogen and oxygen atoms in total. The maximum atomic E-state index is 8.38. The first-order valence-corrected chi connectivity index (χ1v) is 1.57. The summed E-state index contributed by atoms with van der Waals surface area (Å²) in [5.74, 6) is 0.176. The van der Waals surface area contributed by atoms with E-state index in [0.29, 0.717) is 0 Å². The molecular weight excluding hydrogens is 151 g/mol. The molecule has 2 N–H and O–H groups in total. The van der Waals surface area contributed by atoms with Crippen LogP contribution in [0.2, 0.25) is 0 Å². The van der Waals surface area contributed by atoms with Crippen molar-refractivity contribution in [2.24, 2.45) is 0 Å². The number of halogens is 2. The summed E-state index contributed by atoms with van der Waals surface area (Å²) in [4.78, 5) is 0. The summed E-state index contributed by atoms with van der Waals surface area (Å²) in [6.45, 7) is 0. The van der Waals surface area contributed by atoms with Gasteiger partial charge in [-0.15, -0.1) is 24.8 Å². The van der Waals surface area contributed by atoms with E-state index < -0.39 is 0 Å². The number of aromatic hydroxyl groups is 1. The number of hydrogen-bond acceptors (Lipinski definition) is 2. The molecule has 8 heavy (non-hydrogen) atoms. The largest absolute Gasteiger partial charge is 0.505 e. The molecule has 0 aliphatic heterocycles. The molecule has 0 atom stereocenters. The van der Waals surface area contributed by atoms with Gasteiger partial charge < -0.3 is 5.11 Å². The van der Waals surface area contributed by atoms with Crippen molar-refractivity contribution in [2.75, 3.05) is 0 Å². The molecule has 0 bridgehead atoms. The minimum Gasteiger partial charge on any atom is -0.505 e. The van der Waals surface area contributed by atoms with Crippen LogP contribution in [-0.4, -0.2) is 15.3 Å². The topological polar surface area (TPSA) is 48.9 Å². The molecule has 0 aliphatic carbocycles. The Kier molecular flexibility index (Phi) is 6.25. The highest BCUT2D eigenvalue weighted by Gasteiger charge is 1.77. The lowest BCUT2D eigenvalue weighted by Gasteiger charge is -1.65.